The van der Waals surface area contributed by atoms with Crippen LogP contribution in [0.15, 0.2) is 42.7 Å². The molecule has 1 aromatic heterocycles. The molecule has 20 heavy (non-hydrogen) atoms. The van der Waals surface area contributed by atoms with Crippen LogP contribution in [0.5, 0.6) is 5.75 Å². The predicted octanol–water partition coefficient (Wildman–Crippen LogP) is 1.81. The summed E-state index contributed by atoms with van der Waals surface area (Å²) in [5.74, 6) is 1.54. The van der Waals surface area contributed by atoms with E-state index in [0.717, 1.165) is 17.1 Å². The van der Waals surface area contributed by atoms with Crippen molar-refractivity contribution in [2.24, 2.45) is 0 Å². The lowest BCUT2D eigenvalue weighted by molar-refractivity contribution is 0.145. The molecule has 0 amide bonds. The molecule has 2 rings (SSSR count). The van der Waals surface area contributed by atoms with Crippen LogP contribution >= 0.6 is 0 Å². The second-order valence-electron chi connectivity index (χ2n) is 4.21. The van der Waals surface area contributed by atoms with Crippen LogP contribution in [0.1, 0.15) is 17.4 Å². The molecular formula is C15H19N3O2. The van der Waals surface area contributed by atoms with Gasteiger partial charge in [-0.1, -0.05) is 18.2 Å². The summed E-state index contributed by atoms with van der Waals surface area (Å²) >= 11 is 0. The highest BCUT2D eigenvalue weighted by Gasteiger charge is 2.18. The van der Waals surface area contributed by atoms with Gasteiger partial charge in [0.25, 0.3) is 0 Å². The molecule has 1 atom stereocenters. The van der Waals surface area contributed by atoms with Crippen LogP contribution in [0.3, 0.4) is 0 Å². The van der Waals surface area contributed by atoms with Gasteiger partial charge in [-0.3, -0.25) is 0 Å². The Bertz CT molecular complexity index is 520. The second-order valence-corrected chi connectivity index (χ2v) is 4.21. The first-order valence-electron chi connectivity index (χ1n) is 6.51. The van der Waals surface area contributed by atoms with Crippen molar-refractivity contribution in [3.63, 3.8) is 0 Å². The molecule has 0 bridgehead atoms. The van der Waals surface area contributed by atoms with Crippen molar-refractivity contribution in [3.05, 3.63) is 54.1 Å². The molecule has 0 saturated carbocycles. The van der Waals surface area contributed by atoms with Gasteiger partial charge < -0.3 is 14.8 Å². The number of aromatic nitrogens is 2. The zero-order chi connectivity index (χ0) is 14.2. The van der Waals surface area contributed by atoms with Crippen molar-refractivity contribution in [2.45, 2.75) is 6.04 Å². The maximum atomic E-state index is 5.76. The summed E-state index contributed by atoms with van der Waals surface area (Å²) in [5.41, 5.74) is 1.01. The topological polar surface area (TPSA) is 56.3 Å². The van der Waals surface area contributed by atoms with E-state index in [1.807, 2.05) is 31.3 Å². The van der Waals surface area contributed by atoms with Crippen LogP contribution in [-0.2, 0) is 4.74 Å². The molecular weight excluding hydrogens is 254 g/mol. The van der Waals surface area contributed by atoms with Gasteiger partial charge in [0.1, 0.15) is 18.2 Å². The number of rotatable bonds is 7. The molecule has 106 valence electrons. The number of ether oxygens (including phenoxy) is 2. The third-order valence-corrected chi connectivity index (χ3v) is 2.91. The normalized spacial score (nSPS) is 12.1. The molecule has 0 saturated heterocycles. The SMILES string of the molecule is CNC(c1ncccn1)c1ccccc1OCCOC. The summed E-state index contributed by atoms with van der Waals surface area (Å²) in [7, 11) is 3.54. The average molecular weight is 273 g/mol. The number of hydrogen-bond acceptors (Lipinski definition) is 5. The third-order valence-electron chi connectivity index (χ3n) is 2.91. The number of nitrogens with one attached hydrogen (secondary N) is 1. The Morgan fingerprint density at radius 3 is 2.55 bits per heavy atom. The van der Waals surface area contributed by atoms with E-state index in [2.05, 4.69) is 15.3 Å². The Morgan fingerprint density at radius 1 is 1.10 bits per heavy atom. The molecule has 0 aliphatic rings. The van der Waals surface area contributed by atoms with E-state index >= 15 is 0 Å². The zero-order valence-electron chi connectivity index (χ0n) is 11.7. The van der Waals surface area contributed by atoms with E-state index in [-0.39, 0.29) is 6.04 Å². The fourth-order valence-electron chi connectivity index (χ4n) is 1.97. The van der Waals surface area contributed by atoms with Crippen molar-refractivity contribution < 1.29 is 9.47 Å². The summed E-state index contributed by atoms with van der Waals surface area (Å²) < 4.78 is 10.8. The molecule has 0 radical (unpaired) electrons. The summed E-state index contributed by atoms with van der Waals surface area (Å²) in [5, 5.41) is 3.23. The van der Waals surface area contributed by atoms with Crippen LogP contribution in [0, 0.1) is 0 Å². The summed E-state index contributed by atoms with van der Waals surface area (Å²) in [6.45, 7) is 1.07. The van der Waals surface area contributed by atoms with Gasteiger partial charge in [0, 0.05) is 25.1 Å². The van der Waals surface area contributed by atoms with Gasteiger partial charge in [0.05, 0.1) is 12.6 Å². The molecule has 0 aliphatic carbocycles. The van der Waals surface area contributed by atoms with Crippen molar-refractivity contribution >= 4 is 0 Å². The number of nitrogens with zero attached hydrogens (tertiary/aromatic N) is 2. The summed E-state index contributed by atoms with van der Waals surface area (Å²) in [4.78, 5) is 8.62. The quantitative estimate of drug-likeness (QED) is 0.780. The number of benzene rings is 1. The van der Waals surface area contributed by atoms with Crippen LogP contribution < -0.4 is 10.1 Å². The highest BCUT2D eigenvalue weighted by atomic mass is 16.5. The molecule has 0 spiro atoms. The standard InChI is InChI=1S/C15H19N3O2/c1-16-14(15-17-8-5-9-18-15)12-6-3-4-7-13(12)20-11-10-19-2/h3-9,14,16H,10-11H2,1-2H3. The Kier molecular flexibility index (Phi) is 5.46. The molecule has 1 N–H and O–H groups in total. The van der Waals surface area contributed by atoms with Gasteiger partial charge in [0.2, 0.25) is 0 Å². The molecule has 1 heterocycles. The van der Waals surface area contributed by atoms with E-state index in [1.54, 1.807) is 25.6 Å². The minimum atomic E-state index is -0.102. The van der Waals surface area contributed by atoms with Crippen LogP contribution in [0.4, 0.5) is 0 Å². The summed E-state index contributed by atoms with van der Waals surface area (Å²) in [6.07, 6.45) is 3.47. The molecule has 1 unspecified atom stereocenters. The van der Waals surface area contributed by atoms with E-state index < -0.39 is 0 Å². The monoisotopic (exact) mass is 273 g/mol. The Balaban J connectivity index is 2.25. The molecule has 5 nitrogen and oxygen atoms in total. The molecule has 0 aliphatic heterocycles. The highest BCUT2D eigenvalue weighted by Crippen LogP contribution is 2.27. The summed E-state index contributed by atoms with van der Waals surface area (Å²) in [6, 6.07) is 9.58. The van der Waals surface area contributed by atoms with Gasteiger partial charge in [-0.2, -0.15) is 0 Å². The largest absolute Gasteiger partial charge is 0.491 e. The zero-order valence-corrected chi connectivity index (χ0v) is 11.7. The second kappa shape index (κ2) is 7.57. The highest BCUT2D eigenvalue weighted by molar-refractivity contribution is 5.38. The maximum Gasteiger partial charge on any atom is 0.149 e. The number of methoxy groups -OCH3 is 1. The van der Waals surface area contributed by atoms with Crippen LogP contribution in [0.25, 0.3) is 0 Å². The third kappa shape index (κ3) is 3.53. The Labute approximate surface area is 119 Å². The minimum absolute atomic E-state index is 0.102. The minimum Gasteiger partial charge on any atom is -0.491 e. The van der Waals surface area contributed by atoms with E-state index in [4.69, 9.17) is 9.47 Å². The molecule has 2 aromatic rings. The van der Waals surface area contributed by atoms with Gasteiger partial charge in [-0.05, 0) is 19.2 Å². The van der Waals surface area contributed by atoms with E-state index in [0.29, 0.717) is 13.2 Å². The van der Waals surface area contributed by atoms with Gasteiger partial charge in [-0.25, -0.2) is 9.97 Å². The van der Waals surface area contributed by atoms with Crippen molar-refractivity contribution in [3.8, 4) is 5.75 Å². The van der Waals surface area contributed by atoms with Crippen LogP contribution in [-0.4, -0.2) is 37.3 Å². The molecule has 0 fully saturated rings. The van der Waals surface area contributed by atoms with Crippen LogP contribution in [0.2, 0.25) is 0 Å². The number of hydrogen-bond donors (Lipinski definition) is 1. The first-order valence-corrected chi connectivity index (χ1v) is 6.51. The smallest absolute Gasteiger partial charge is 0.149 e. The maximum absolute atomic E-state index is 5.76. The van der Waals surface area contributed by atoms with Crippen molar-refractivity contribution in [2.75, 3.05) is 27.4 Å². The van der Waals surface area contributed by atoms with Crippen molar-refractivity contribution in [1.82, 2.24) is 15.3 Å². The lowest BCUT2D eigenvalue weighted by Crippen LogP contribution is -2.21. The lowest BCUT2D eigenvalue weighted by Gasteiger charge is -2.18. The Morgan fingerprint density at radius 2 is 1.85 bits per heavy atom. The Hall–Kier alpha value is -1.98. The van der Waals surface area contributed by atoms with Gasteiger partial charge in [0.15, 0.2) is 0 Å². The fraction of sp³-hybridized carbons (Fsp3) is 0.333. The number of para-hydroxylation sites is 1. The molecule has 5 heteroatoms. The first-order chi connectivity index (χ1) is 9.86. The van der Waals surface area contributed by atoms with Gasteiger partial charge >= 0.3 is 0 Å². The lowest BCUT2D eigenvalue weighted by atomic mass is 10.1. The predicted molar refractivity (Wildman–Crippen MR) is 76.7 cm³/mol. The van der Waals surface area contributed by atoms with E-state index in [1.165, 1.54) is 0 Å². The first kappa shape index (κ1) is 14.4. The van der Waals surface area contributed by atoms with Gasteiger partial charge in [-0.15, -0.1) is 0 Å². The van der Waals surface area contributed by atoms with Crippen molar-refractivity contribution in [1.29, 1.82) is 0 Å². The van der Waals surface area contributed by atoms with E-state index in [9.17, 15) is 0 Å². The molecule has 1 aromatic carbocycles. The fourth-order valence-corrected chi connectivity index (χ4v) is 1.97. The average Bonchev–Trinajstić information content (AvgIpc) is 2.51.